The summed E-state index contributed by atoms with van der Waals surface area (Å²) in [6.45, 7) is 4.55. The lowest BCUT2D eigenvalue weighted by Gasteiger charge is -2.08. The number of thiocarbonyl (C=S) groups is 1. The van der Waals surface area contributed by atoms with E-state index < -0.39 is 0 Å². The number of hydrogen-bond acceptors (Lipinski definition) is 3. The van der Waals surface area contributed by atoms with E-state index in [1.54, 1.807) is 7.11 Å². The quantitative estimate of drug-likeness (QED) is 0.383. The Hall–Kier alpha value is -0.680. The standard InChI is InChI=1S/C7H15N3OS/c1-5(2)6(4-11-3)9-10-7(8)12/h5H,4H2,1-3H3,(H3,8,10,12). The summed E-state index contributed by atoms with van der Waals surface area (Å²) in [5.41, 5.74) is 8.63. The number of rotatable bonds is 4. The molecule has 0 bridgehead atoms. The number of hydrazone groups is 1. The van der Waals surface area contributed by atoms with Crippen LogP contribution < -0.4 is 11.2 Å². The highest BCUT2D eigenvalue weighted by atomic mass is 32.1. The fourth-order valence-electron chi connectivity index (χ4n) is 0.603. The van der Waals surface area contributed by atoms with Crippen LogP contribution in [0.25, 0.3) is 0 Å². The van der Waals surface area contributed by atoms with E-state index in [1.165, 1.54) is 0 Å². The summed E-state index contributed by atoms with van der Waals surface area (Å²) in [5.74, 6) is 0.326. The number of hydrogen-bond donors (Lipinski definition) is 2. The third-order valence-corrected chi connectivity index (χ3v) is 1.36. The van der Waals surface area contributed by atoms with E-state index in [-0.39, 0.29) is 5.11 Å². The van der Waals surface area contributed by atoms with Crippen LogP contribution in [0, 0.1) is 5.92 Å². The normalized spacial score (nSPS) is 11.8. The highest BCUT2D eigenvalue weighted by Gasteiger charge is 2.04. The minimum Gasteiger partial charge on any atom is -0.379 e. The molecule has 0 saturated carbocycles. The summed E-state index contributed by atoms with van der Waals surface area (Å²) in [6.07, 6.45) is 0. The highest BCUT2D eigenvalue weighted by molar-refractivity contribution is 7.80. The van der Waals surface area contributed by atoms with Gasteiger partial charge in [0.05, 0.1) is 12.3 Å². The topological polar surface area (TPSA) is 59.6 Å². The molecular formula is C7H15N3OS. The Morgan fingerprint density at radius 2 is 2.25 bits per heavy atom. The smallest absolute Gasteiger partial charge is 0.184 e. The molecule has 0 unspecified atom stereocenters. The van der Waals surface area contributed by atoms with Crippen LogP contribution >= 0.6 is 12.2 Å². The fourth-order valence-corrected chi connectivity index (χ4v) is 0.648. The van der Waals surface area contributed by atoms with Crippen LogP contribution in [0.5, 0.6) is 0 Å². The van der Waals surface area contributed by atoms with Crippen molar-refractivity contribution in [3.63, 3.8) is 0 Å². The maximum atomic E-state index is 5.21. The fraction of sp³-hybridized carbons (Fsp3) is 0.714. The van der Waals surface area contributed by atoms with E-state index in [4.69, 9.17) is 10.5 Å². The average molecular weight is 189 g/mol. The zero-order valence-electron chi connectivity index (χ0n) is 7.63. The summed E-state index contributed by atoms with van der Waals surface area (Å²) in [7, 11) is 1.62. The van der Waals surface area contributed by atoms with Gasteiger partial charge in [-0.1, -0.05) is 13.8 Å². The molecule has 0 spiro atoms. The molecule has 3 N–H and O–H groups in total. The van der Waals surface area contributed by atoms with Gasteiger partial charge < -0.3 is 10.5 Å². The van der Waals surface area contributed by atoms with Crippen molar-refractivity contribution in [2.24, 2.45) is 16.8 Å². The van der Waals surface area contributed by atoms with E-state index in [9.17, 15) is 0 Å². The Labute approximate surface area is 78.2 Å². The Bertz CT molecular complexity index is 179. The molecule has 0 aliphatic rings. The lowest BCUT2D eigenvalue weighted by molar-refractivity contribution is 0.241. The second kappa shape index (κ2) is 5.91. The monoisotopic (exact) mass is 189 g/mol. The van der Waals surface area contributed by atoms with Crippen LogP contribution in [0.2, 0.25) is 0 Å². The number of nitrogens with two attached hydrogens (primary N) is 1. The minimum atomic E-state index is 0.171. The third-order valence-electron chi connectivity index (χ3n) is 1.27. The van der Waals surface area contributed by atoms with Crippen LogP contribution in [-0.2, 0) is 4.74 Å². The lowest BCUT2D eigenvalue weighted by Crippen LogP contribution is -2.27. The summed E-state index contributed by atoms with van der Waals surface area (Å²) in [4.78, 5) is 0. The Morgan fingerprint density at radius 3 is 2.58 bits per heavy atom. The van der Waals surface area contributed by atoms with Gasteiger partial charge >= 0.3 is 0 Å². The van der Waals surface area contributed by atoms with Crippen LogP contribution in [0.4, 0.5) is 0 Å². The molecule has 0 aromatic carbocycles. The number of nitrogens with one attached hydrogen (secondary N) is 1. The Kier molecular flexibility index (Phi) is 5.57. The van der Waals surface area contributed by atoms with Gasteiger partial charge in [-0.15, -0.1) is 0 Å². The van der Waals surface area contributed by atoms with E-state index in [0.717, 1.165) is 5.71 Å². The first-order chi connectivity index (χ1) is 5.57. The van der Waals surface area contributed by atoms with Gasteiger partial charge in [0.15, 0.2) is 5.11 Å². The van der Waals surface area contributed by atoms with Gasteiger partial charge in [0.1, 0.15) is 0 Å². The van der Waals surface area contributed by atoms with Gasteiger partial charge in [-0.2, -0.15) is 5.10 Å². The van der Waals surface area contributed by atoms with E-state index in [1.807, 2.05) is 13.8 Å². The zero-order chi connectivity index (χ0) is 9.56. The van der Waals surface area contributed by atoms with Crippen LogP contribution in [0.3, 0.4) is 0 Å². The van der Waals surface area contributed by atoms with Crippen LogP contribution in [-0.4, -0.2) is 24.5 Å². The first-order valence-electron chi connectivity index (χ1n) is 3.68. The van der Waals surface area contributed by atoms with Gasteiger partial charge in [0.2, 0.25) is 0 Å². The Balaban J connectivity index is 4.08. The molecule has 0 heterocycles. The molecule has 0 aliphatic carbocycles. The molecule has 4 nitrogen and oxygen atoms in total. The SMILES string of the molecule is COCC(=NNC(N)=S)C(C)C. The largest absolute Gasteiger partial charge is 0.379 e. The van der Waals surface area contributed by atoms with Crippen molar-refractivity contribution >= 4 is 23.0 Å². The van der Waals surface area contributed by atoms with Crippen molar-refractivity contribution in [3.8, 4) is 0 Å². The highest BCUT2D eigenvalue weighted by Crippen LogP contribution is 1.96. The van der Waals surface area contributed by atoms with Crippen molar-refractivity contribution in [2.75, 3.05) is 13.7 Å². The summed E-state index contributed by atoms with van der Waals surface area (Å²) in [5, 5.41) is 4.16. The number of nitrogens with zero attached hydrogens (tertiary/aromatic N) is 1. The number of methoxy groups -OCH3 is 1. The first-order valence-corrected chi connectivity index (χ1v) is 4.09. The molecule has 0 saturated heterocycles. The number of ether oxygens (including phenoxy) is 1. The average Bonchev–Trinajstić information content (AvgIpc) is 1.96. The van der Waals surface area contributed by atoms with E-state index in [0.29, 0.717) is 12.5 Å². The van der Waals surface area contributed by atoms with Gasteiger partial charge in [-0.3, -0.25) is 5.43 Å². The predicted molar refractivity (Wildman–Crippen MR) is 54.1 cm³/mol. The molecule has 0 aromatic heterocycles. The lowest BCUT2D eigenvalue weighted by atomic mass is 10.1. The molecule has 0 amide bonds. The van der Waals surface area contributed by atoms with E-state index >= 15 is 0 Å². The summed E-state index contributed by atoms with van der Waals surface area (Å²) >= 11 is 4.60. The zero-order valence-corrected chi connectivity index (χ0v) is 8.44. The molecular weight excluding hydrogens is 174 g/mol. The molecule has 0 radical (unpaired) electrons. The van der Waals surface area contributed by atoms with Gasteiger partial charge in [0, 0.05) is 7.11 Å². The minimum absolute atomic E-state index is 0.171. The predicted octanol–water partition coefficient (Wildman–Crippen LogP) is 0.478. The van der Waals surface area contributed by atoms with Crippen LogP contribution in [0.1, 0.15) is 13.8 Å². The van der Waals surface area contributed by atoms with Gasteiger partial charge in [0.25, 0.3) is 0 Å². The molecule has 0 aliphatic heterocycles. The molecule has 12 heavy (non-hydrogen) atoms. The van der Waals surface area contributed by atoms with Gasteiger partial charge in [-0.05, 0) is 18.1 Å². The maximum absolute atomic E-state index is 5.21. The van der Waals surface area contributed by atoms with Crippen molar-refractivity contribution in [3.05, 3.63) is 0 Å². The van der Waals surface area contributed by atoms with Crippen LogP contribution in [0.15, 0.2) is 5.10 Å². The van der Waals surface area contributed by atoms with Crippen molar-refractivity contribution in [2.45, 2.75) is 13.8 Å². The Morgan fingerprint density at radius 1 is 1.67 bits per heavy atom. The second-order valence-corrected chi connectivity index (χ2v) is 3.11. The molecule has 0 rings (SSSR count). The van der Waals surface area contributed by atoms with Crippen molar-refractivity contribution in [1.82, 2.24) is 5.43 Å². The molecule has 0 aromatic rings. The molecule has 0 fully saturated rings. The third kappa shape index (κ3) is 5.03. The summed E-state index contributed by atoms with van der Waals surface area (Å²) in [6, 6.07) is 0. The second-order valence-electron chi connectivity index (χ2n) is 2.67. The first kappa shape index (κ1) is 11.3. The molecule has 70 valence electrons. The van der Waals surface area contributed by atoms with Crippen molar-refractivity contribution in [1.29, 1.82) is 0 Å². The van der Waals surface area contributed by atoms with Gasteiger partial charge in [-0.25, -0.2) is 0 Å². The molecule has 5 heteroatoms. The summed E-state index contributed by atoms with van der Waals surface area (Å²) < 4.78 is 4.94. The van der Waals surface area contributed by atoms with Crippen molar-refractivity contribution < 1.29 is 4.74 Å². The van der Waals surface area contributed by atoms with E-state index in [2.05, 4.69) is 22.7 Å². The maximum Gasteiger partial charge on any atom is 0.184 e. The molecule has 0 atom stereocenters.